The van der Waals surface area contributed by atoms with Gasteiger partial charge in [-0.1, -0.05) is 0 Å². The average Bonchev–Trinajstić information content (AvgIpc) is 3.52. The predicted molar refractivity (Wildman–Crippen MR) is 110 cm³/mol. The number of nitrogens with one attached hydrogen (secondary N) is 1. The van der Waals surface area contributed by atoms with Gasteiger partial charge < -0.3 is 19.7 Å². The SMILES string of the molecule is COc1cc(CC2CC2)c2c(c1)C13CCNC(C2)C12CCC(N(C)C)(CO2)C3. The van der Waals surface area contributed by atoms with Gasteiger partial charge in [-0.2, -0.15) is 0 Å². The molecule has 4 bridgehead atoms. The van der Waals surface area contributed by atoms with Gasteiger partial charge in [0.2, 0.25) is 0 Å². The van der Waals surface area contributed by atoms with Crippen molar-refractivity contribution in [2.75, 3.05) is 34.4 Å². The predicted octanol–water partition coefficient (Wildman–Crippen LogP) is 3.06. The van der Waals surface area contributed by atoms with Gasteiger partial charge in [0.1, 0.15) is 5.75 Å². The molecule has 28 heavy (non-hydrogen) atoms. The van der Waals surface area contributed by atoms with Crippen molar-refractivity contribution in [3.05, 3.63) is 28.8 Å². The van der Waals surface area contributed by atoms with Crippen molar-refractivity contribution in [1.29, 1.82) is 0 Å². The van der Waals surface area contributed by atoms with E-state index in [1.54, 1.807) is 16.7 Å². The molecule has 3 heterocycles. The molecule has 1 aromatic carbocycles. The maximum Gasteiger partial charge on any atom is 0.119 e. The molecule has 3 aliphatic carbocycles. The number of ether oxygens (including phenoxy) is 2. The normalized spacial score (nSPS) is 40.9. The Hall–Kier alpha value is -1.10. The van der Waals surface area contributed by atoms with E-state index < -0.39 is 0 Å². The molecule has 4 atom stereocenters. The molecule has 3 aliphatic heterocycles. The third kappa shape index (κ3) is 2.12. The Morgan fingerprint density at radius 2 is 2.07 bits per heavy atom. The summed E-state index contributed by atoms with van der Waals surface area (Å²) in [6.45, 7) is 1.99. The fourth-order valence-electron chi connectivity index (χ4n) is 7.30. The maximum atomic E-state index is 6.91. The molecular formula is C24H34N2O2. The highest BCUT2D eigenvalue weighted by Crippen LogP contribution is 2.64. The lowest BCUT2D eigenvalue weighted by Gasteiger charge is -2.71. The van der Waals surface area contributed by atoms with Crippen molar-refractivity contribution in [3.63, 3.8) is 0 Å². The van der Waals surface area contributed by atoms with Gasteiger partial charge in [-0.25, -0.2) is 0 Å². The number of likely N-dealkylation sites (N-methyl/N-ethyl adjacent to an activating group) is 1. The first-order chi connectivity index (χ1) is 13.5. The molecule has 0 amide bonds. The topological polar surface area (TPSA) is 33.7 Å². The number of hydrogen-bond donors (Lipinski definition) is 1. The number of nitrogens with zero attached hydrogens (tertiary/aromatic N) is 1. The van der Waals surface area contributed by atoms with Crippen LogP contribution >= 0.6 is 0 Å². The molecule has 2 saturated carbocycles. The summed E-state index contributed by atoms with van der Waals surface area (Å²) >= 11 is 0. The average molecular weight is 383 g/mol. The zero-order chi connectivity index (χ0) is 19.1. The van der Waals surface area contributed by atoms with E-state index in [-0.39, 0.29) is 16.6 Å². The summed E-state index contributed by atoms with van der Waals surface area (Å²) in [5, 5.41) is 3.90. The Labute approximate surface area is 169 Å². The maximum absolute atomic E-state index is 6.91. The number of piperidine rings is 1. The third-order valence-corrected chi connectivity index (χ3v) is 9.14. The monoisotopic (exact) mass is 382 g/mol. The van der Waals surface area contributed by atoms with E-state index in [9.17, 15) is 0 Å². The van der Waals surface area contributed by atoms with Crippen molar-refractivity contribution >= 4 is 0 Å². The summed E-state index contributed by atoms with van der Waals surface area (Å²) < 4.78 is 12.7. The first kappa shape index (κ1) is 17.7. The van der Waals surface area contributed by atoms with Gasteiger partial charge >= 0.3 is 0 Å². The molecule has 1 spiro atoms. The van der Waals surface area contributed by atoms with Crippen molar-refractivity contribution in [3.8, 4) is 5.75 Å². The van der Waals surface area contributed by atoms with Crippen LogP contribution in [0, 0.1) is 5.92 Å². The number of methoxy groups -OCH3 is 1. The van der Waals surface area contributed by atoms with Crippen molar-refractivity contribution in [2.24, 2.45) is 5.92 Å². The summed E-state index contributed by atoms with van der Waals surface area (Å²) in [5.41, 5.74) is 5.04. The molecule has 0 aromatic heterocycles. The smallest absolute Gasteiger partial charge is 0.119 e. The Balaban J connectivity index is 1.56. The molecule has 5 fully saturated rings. The molecule has 6 aliphatic rings. The Morgan fingerprint density at radius 3 is 2.75 bits per heavy atom. The molecule has 4 heteroatoms. The van der Waals surface area contributed by atoms with E-state index in [0.29, 0.717) is 6.04 Å². The number of rotatable bonds is 4. The molecule has 0 radical (unpaired) electrons. The van der Waals surface area contributed by atoms with Crippen LogP contribution in [0.3, 0.4) is 0 Å². The Bertz CT molecular complexity index is 807. The minimum absolute atomic E-state index is 0.0285. The van der Waals surface area contributed by atoms with E-state index in [1.807, 2.05) is 7.11 Å². The molecule has 7 rings (SSSR count). The van der Waals surface area contributed by atoms with Gasteiger partial charge in [0.15, 0.2) is 0 Å². The van der Waals surface area contributed by atoms with Crippen LogP contribution in [-0.2, 0) is 23.0 Å². The second-order valence-electron chi connectivity index (χ2n) is 10.5. The van der Waals surface area contributed by atoms with Crippen LogP contribution in [0.15, 0.2) is 12.1 Å². The molecule has 152 valence electrons. The summed E-state index contributed by atoms with van der Waals surface area (Å²) in [7, 11) is 6.34. The second kappa shape index (κ2) is 5.74. The van der Waals surface area contributed by atoms with Crippen molar-refractivity contribution < 1.29 is 9.47 Å². The highest BCUT2D eigenvalue weighted by atomic mass is 16.5. The first-order valence-corrected chi connectivity index (χ1v) is 11.3. The fourth-order valence-corrected chi connectivity index (χ4v) is 7.30. The lowest BCUT2D eigenvalue weighted by atomic mass is 9.45. The van der Waals surface area contributed by atoms with Crippen molar-refractivity contribution in [1.82, 2.24) is 10.2 Å². The molecule has 3 saturated heterocycles. The molecular weight excluding hydrogens is 348 g/mol. The molecule has 1 aromatic rings. The van der Waals surface area contributed by atoms with Crippen LogP contribution in [-0.4, -0.2) is 56.4 Å². The number of hydrogen-bond acceptors (Lipinski definition) is 4. The van der Waals surface area contributed by atoms with Crippen molar-refractivity contribution in [2.45, 2.75) is 74.0 Å². The standard InChI is InChI=1S/C24H34N2O2/c1-26(2)22-6-7-24(28-15-22)21-13-19-17(10-16-4-5-16)11-18(27-3)12-20(19)23(24,14-22)8-9-25-21/h11-12,16,21,25H,4-10,13-15H2,1-3H3. The molecule has 1 N–H and O–H groups in total. The number of fused-ring (bicyclic) bond motifs is 3. The fraction of sp³-hybridized carbons (Fsp3) is 0.750. The van der Waals surface area contributed by atoms with E-state index >= 15 is 0 Å². The summed E-state index contributed by atoms with van der Waals surface area (Å²) in [6.07, 6.45) is 10.0. The van der Waals surface area contributed by atoms with Crippen LogP contribution in [0.25, 0.3) is 0 Å². The van der Waals surface area contributed by atoms with E-state index in [0.717, 1.165) is 31.2 Å². The summed E-state index contributed by atoms with van der Waals surface area (Å²) in [5.74, 6) is 1.95. The van der Waals surface area contributed by atoms with E-state index in [4.69, 9.17) is 9.47 Å². The Kier molecular flexibility index (Phi) is 3.63. The van der Waals surface area contributed by atoms with Gasteiger partial charge in [0, 0.05) is 17.0 Å². The van der Waals surface area contributed by atoms with E-state index in [1.165, 1.54) is 44.9 Å². The van der Waals surface area contributed by atoms with E-state index in [2.05, 4.69) is 36.4 Å². The zero-order valence-corrected chi connectivity index (χ0v) is 17.6. The Morgan fingerprint density at radius 1 is 1.21 bits per heavy atom. The quantitative estimate of drug-likeness (QED) is 0.868. The lowest BCUT2D eigenvalue weighted by molar-refractivity contribution is -0.258. The van der Waals surface area contributed by atoms with Crippen LogP contribution in [0.4, 0.5) is 0 Å². The highest BCUT2D eigenvalue weighted by molar-refractivity contribution is 5.54. The van der Waals surface area contributed by atoms with Crippen LogP contribution in [0.1, 0.15) is 55.2 Å². The summed E-state index contributed by atoms with van der Waals surface area (Å²) in [6, 6.07) is 5.19. The minimum atomic E-state index is -0.0285. The largest absolute Gasteiger partial charge is 0.497 e. The molecule has 4 nitrogen and oxygen atoms in total. The first-order valence-electron chi connectivity index (χ1n) is 11.3. The minimum Gasteiger partial charge on any atom is -0.497 e. The van der Waals surface area contributed by atoms with Gasteiger partial charge in [0.05, 0.1) is 19.3 Å². The van der Waals surface area contributed by atoms with Gasteiger partial charge in [-0.3, -0.25) is 0 Å². The lowest BCUT2D eigenvalue weighted by Crippen LogP contribution is -2.80. The zero-order valence-electron chi connectivity index (χ0n) is 17.6. The van der Waals surface area contributed by atoms with Gasteiger partial charge in [-0.15, -0.1) is 0 Å². The van der Waals surface area contributed by atoms with Gasteiger partial charge in [0.25, 0.3) is 0 Å². The second-order valence-corrected chi connectivity index (χ2v) is 10.5. The third-order valence-electron chi connectivity index (χ3n) is 9.14. The number of benzene rings is 1. The molecule has 4 unspecified atom stereocenters. The van der Waals surface area contributed by atoms with Crippen LogP contribution in [0.5, 0.6) is 5.75 Å². The van der Waals surface area contributed by atoms with Crippen LogP contribution in [0.2, 0.25) is 0 Å². The van der Waals surface area contributed by atoms with Gasteiger partial charge in [-0.05, 0) is 107 Å². The van der Waals surface area contributed by atoms with Crippen LogP contribution < -0.4 is 10.1 Å². The summed E-state index contributed by atoms with van der Waals surface area (Å²) in [4.78, 5) is 2.46. The highest BCUT2D eigenvalue weighted by Gasteiger charge is 2.70.